The zero-order valence-corrected chi connectivity index (χ0v) is 9.28. The summed E-state index contributed by atoms with van der Waals surface area (Å²) in [5, 5.41) is 8.65. The van der Waals surface area contributed by atoms with Crippen molar-refractivity contribution in [1.29, 1.82) is 0 Å². The standard InChI is InChI=1S/C12H13N3O2/c13-11-3-1-10(2-4-11)7-14-5-6-15(9-14)8-12(16)17/h1-6,9H,7-8,13H2/p+1. The van der Waals surface area contributed by atoms with Crippen molar-refractivity contribution in [3.8, 4) is 0 Å². The van der Waals surface area contributed by atoms with Crippen LogP contribution in [0.5, 0.6) is 0 Å². The van der Waals surface area contributed by atoms with Gasteiger partial charge in [-0.05, 0) is 17.7 Å². The third-order valence-electron chi connectivity index (χ3n) is 2.41. The topological polar surface area (TPSA) is 72.1 Å². The number of carbonyl (C=O) groups is 1. The predicted molar refractivity (Wildman–Crippen MR) is 62.2 cm³/mol. The van der Waals surface area contributed by atoms with Crippen LogP contribution in [0.1, 0.15) is 5.56 Å². The average Bonchev–Trinajstić information content (AvgIpc) is 2.68. The zero-order chi connectivity index (χ0) is 12.3. The summed E-state index contributed by atoms with van der Waals surface area (Å²) in [6.07, 6.45) is 5.36. The zero-order valence-electron chi connectivity index (χ0n) is 9.28. The smallest absolute Gasteiger partial charge is 0.346 e. The first-order chi connectivity index (χ1) is 8.13. The molecule has 1 aromatic heterocycles. The summed E-state index contributed by atoms with van der Waals surface area (Å²) >= 11 is 0. The fourth-order valence-corrected chi connectivity index (χ4v) is 1.62. The number of aromatic nitrogens is 2. The normalized spacial score (nSPS) is 10.4. The Morgan fingerprint density at radius 3 is 2.71 bits per heavy atom. The lowest BCUT2D eigenvalue weighted by Crippen LogP contribution is -2.31. The van der Waals surface area contributed by atoms with E-state index in [1.54, 1.807) is 17.1 Å². The summed E-state index contributed by atoms with van der Waals surface area (Å²) in [7, 11) is 0. The Labute approximate surface area is 98.7 Å². The summed E-state index contributed by atoms with van der Waals surface area (Å²) in [5.74, 6) is -0.847. The molecule has 0 aliphatic carbocycles. The molecule has 0 aliphatic rings. The highest BCUT2D eigenvalue weighted by atomic mass is 16.4. The number of hydrogen-bond donors (Lipinski definition) is 2. The quantitative estimate of drug-likeness (QED) is 0.595. The lowest BCUT2D eigenvalue weighted by atomic mass is 10.2. The van der Waals surface area contributed by atoms with Gasteiger partial charge in [-0.15, -0.1) is 0 Å². The van der Waals surface area contributed by atoms with Crippen molar-refractivity contribution < 1.29 is 14.5 Å². The van der Waals surface area contributed by atoms with Crippen molar-refractivity contribution in [2.24, 2.45) is 0 Å². The predicted octanol–water partition coefficient (Wildman–Crippen LogP) is 0.491. The van der Waals surface area contributed by atoms with Gasteiger partial charge in [-0.25, -0.2) is 13.9 Å². The molecule has 0 aliphatic heterocycles. The first-order valence-corrected chi connectivity index (χ1v) is 5.24. The van der Waals surface area contributed by atoms with Crippen molar-refractivity contribution in [2.45, 2.75) is 13.1 Å². The number of aliphatic carboxylic acids is 1. The van der Waals surface area contributed by atoms with E-state index in [1.807, 2.05) is 35.0 Å². The number of benzene rings is 1. The molecule has 2 rings (SSSR count). The number of carboxylic acid groups (broad SMARTS) is 1. The largest absolute Gasteiger partial charge is 0.478 e. The minimum atomic E-state index is -0.847. The van der Waals surface area contributed by atoms with Crippen molar-refractivity contribution >= 4 is 11.7 Å². The molecule has 0 atom stereocenters. The van der Waals surface area contributed by atoms with Crippen LogP contribution in [0.3, 0.4) is 0 Å². The maximum absolute atomic E-state index is 10.5. The summed E-state index contributed by atoms with van der Waals surface area (Å²) in [5.41, 5.74) is 7.46. The molecular weight excluding hydrogens is 218 g/mol. The van der Waals surface area contributed by atoms with Gasteiger partial charge in [0.05, 0.1) is 0 Å². The van der Waals surface area contributed by atoms with Crippen LogP contribution in [0.4, 0.5) is 5.69 Å². The molecule has 0 bridgehead atoms. The van der Waals surface area contributed by atoms with Crippen molar-refractivity contribution in [2.75, 3.05) is 5.73 Å². The molecule has 0 unspecified atom stereocenters. The van der Waals surface area contributed by atoms with Crippen molar-refractivity contribution in [3.05, 3.63) is 48.5 Å². The Balaban J connectivity index is 2.06. The molecule has 5 heteroatoms. The molecule has 2 aromatic rings. The van der Waals surface area contributed by atoms with E-state index in [4.69, 9.17) is 10.8 Å². The van der Waals surface area contributed by atoms with Gasteiger partial charge in [0.1, 0.15) is 18.9 Å². The highest BCUT2D eigenvalue weighted by molar-refractivity contribution is 5.66. The maximum atomic E-state index is 10.5. The van der Waals surface area contributed by atoms with E-state index < -0.39 is 5.97 Å². The van der Waals surface area contributed by atoms with E-state index in [0.29, 0.717) is 6.54 Å². The average molecular weight is 232 g/mol. The van der Waals surface area contributed by atoms with E-state index in [2.05, 4.69) is 0 Å². The second-order valence-electron chi connectivity index (χ2n) is 3.89. The van der Waals surface area contributed by atoms with Gasteiger partial charge < -0.3 is 10.8 Å². The molecule has 0 saturated heterocycles. The molecule has 5 nitrogen and oxygen atoms in total. The lowest BCUT2D eigenvalue weighted by molar-refractivity contribution is -0.687. The van der Waals surface area contributed by atoms with Crippen molar-refractivity contribution in [3.63, 3.8) is 0 Å². The Hall–Kier alpha value is -2.30. The Bertz CT molecular complexity index is 517. The van der Waals surface area contributed by atoms with E-state index in [1.165, 1.54) is 0 Å². The Kier molecular flexibility index (Phi) is 3.09. The van der Waals surface area contributed by atoms with E-state index in [9.17, 15) is 4.79 Å². The fourth-order valence-electron chi connectivity index (χ4n) is 1.62. The molecule has 3 N–H and O–H groups in total. The summed E-state index contributed by atoms with van der Waals surface area (Å²) in [4.78, 5) is 10.5. The summed E-state index contributed by atoms with van der Waals surface area (Å²) < 4.78 is 3.55. The summed E-state index contributed by atoms with van der Waals surface area (Å²) in [6.45, 7) is 0.682. The highest BCUT2D eigenvalue weighted by Gasteiger charge is 2.07. The van der Waals surface area contributed by atoms with E-state index in [0.717, 1.165) is 11.3 Å². The molecule has 88 valence electrons. The number of rotatable bonds is 4. The lowest BCUT2D eigenvalue weighted by Gasteiger charge is -1.98. The Morgan fingerprint density at radius 2 is 2.06 bits per heavy atom. The van der Waals surface area contributed by atoms with Crippen LogP contribution in [0.25, 0.3) is 0 Å². The number of imidazole rings is 1. The first kappa shape index (κ1) is 11.2. The van der Waals surface area contributed by atoms with E-state index in [-0.39, 0.29) is 6.54 Å². The van der Waals surface area contributed by atoms with Gasteiger partial charge in [0, 0.05) is 5.69 Å². The summed E-state index contributed by atoms with van der Waals surface area (Å²) in [6, 6.07) is 7.61. The van der Waals surface area contributed by atoms with Crippen LogP contribution in [0.15, 0.2) is 43.0 Å². The molecule has 0 radical (unpaired) electrons. The molecule has 0 saturated carbocycles. The second kappa shape index (κ2) is 4.69. The SMILES string of the molecule is Nc1ccc(C[n+]2ccn(CC(=O)O)c2)cc1. The van der Waals surface area contributed by atoms with Gasteiger partial charge in [-0.1, -0.05) is 12.1 Å². The monoisotopic (exact) mass is 232 g/mol. The number of anilines is 1. The van der Waals surface area contributed by atoms with Crippen LogP contribution in [-0.2, 0) is 17.9 Å². The number of nitrogens with zero attached hydrogens (tertiary/aromatic N) is 2. The molecule has 1 aromatic carbocycles. The van der Waals surface area contributed by atoms with Crippen LogP contribution in [-0.4, -0.2) is 15.6 Å². The molecule has 0 amide bonds. The molecule has 0 spiro atoms. The van der Waals surface area contributed by atoms with Crippen molar-refractivity contribution in [1.82, 2.24) is 4.57 Å². The van der Waals surface area contributed by atoms with Gasteiger partial charge in [-0.3, -0.25) is 0 Å². The number of nitrogen functional groups attached to an aromatic ring is 1. The van der Waals surface area contributed by atoms with Crippen LogP contribution in [0.2, 0.25) is 0 Å². The van der Waals surface area contributed by atoms with Crippen LogP contribution >= 0.6 is 0 Å². The van der Waals surface area contributed by atoms with Gasteiger partial charge in [0.2, 0.25) is 6.33 Å². The highest BCUT2D eigenvalue weighted by Crippen LogP contribution is 2.04. The third kappa shape index (κ3) is 3.07. The molecule has 1 heterocycles. The second-order valence-corrected chi connectivity index (χ2v) is 3.89. The minimum Gasteiger partial charge on any atom is -0.478 e. The van der Waals surface area contributed by atoms with Gasteiger partial charge in [0.25, 0.3) is 0 Å². The third-order valence-corrected chi connectivity index (χ3v) is 2.41. The van der Waals surface area contributed by atoms with Gasteiger partial charge >= 0.3 is 5.97 Å². The number of hydrogen-bond acceptors (Lipinski definition) is 2. The van der Waals surface area contributed by atoms with Gasteiger partial charge in [0.15, 0.2) is 6.54 Å². The number of nitrogens with two attached hydrogens (primary N) is 1. The Morgan fingerprint density at radius 1 is 1.35 bits per heavy atom. The van der Waals surface area contributed by atoms with E-state index >= 15 is 0 Å². The number of carboxylic acids is 1. The van der Waals surface area contributed by atoms with Crippen LogP contribution in [0, 0.1) is 0 Å². The molecular formula is C12H14N3O2+. The molecule has 0 fully saturated rings. The minimum absolute atomic E-state index is 0.0191. The first-order valence-electron chi connectivity index (χ1n) is 5.24. The van der Waals surface area contributed by atoms with Gasteiger partial charge in [-0.2, -0.15) is 0 Å². The van der Waals surface area contributed by atoms with Crippen LogP contribution < -0.4 is 10.3 Å². The molecule has 17 heavy (non-hydrogen) atoms. The maximum Gasteiger partial charge on any atom is 0.346 e. The fraction of sp³-hybridized carbons (Fsp3) is 0.167.